The Morgan fingerprint density at radius 1 is 0.349 bits per heavy atom. The summed E-state index contributed by atoms with van der Waals surface area (Å²) < 4.78 is 16.6. The zero-order valence-corrected chi connectivity index (χ0v) is 40.0. The predicted octanol–water partition coefficient (Wildman–Crippen LogP) is 16.3. The van der Waals surface area contributed by atoms with Gasteiger partial charge in [-0.05, 0) is 96.3 Å². The summed E-state index contributed by atoms with van der Waals surface area (Å²) in [7, 11) is 0. The van der Waals surface area contributed by atoms with Crippen molar-refractivity contribution < 1.29 is 28.6 Å². The Morgan fingerprint density at radius 2 is 0.714 bits per heavy atom. The molecule has 0 N–H and O–H groups in total. The second kappa shape index (κ2) is 50.2. The number of unbranched alkanes of at least 4 members (excludes halogenated alkanes) is 14. The molecule has 0 saturated heterocycles. The quantitative estimate of drug-likeness (QED) is 0.0200. The molecule has 0 aliphatic carbocycles. The Kier molecular flexibility index (Phi) is 46.7. The van der Waals surface area contributed by atoms with Gasteiger partial charge in [-0.2, -0.15) is 0 Å². The van der Waals surface area contributed by atoms with E-state index in [4.69, 9.17) is 14.2 Å². The molecular weight excluding hydrogens is 781 g/mol. The average Bonchev–Trinajstić information content (AvgIpc) is 3.28. The maximum absolute atomic E-state index is 12.8. The van der Waals surface area contributed by atoms with E-state index in [1.54, 1.807) is 0 Å². The van der Waals surface area contributed by atoms with Crippen molar-refractivity contribution in [3.8, 4) is 0 Å². The van der Waals surface area contributed by atoms with E-state index in [0.29, 0.717) is 19.3 Å². The van der Waals surface area contributed by atoms with E-state index in [2.05, 4.69) is 99.8 Å². The van der Waals surface area contributed by atoms with Crippen molar-refractivity contribution in [2.24, 2.45) is 0 Å². The van der Waals surface area contributed by atoms with Crippen LogP contribution in [0.1, 0.15) is 188 Å². The zero-order valence-electron chi connectivity index (χ0n) is 40.0. The van der Waals surface area contributed by atoms with Crippen molar-refractivity contribution in [1.82, 2.24) is 0 Å². The van der Waals surface area contributed by atoms with Gasteiger partial charge in [-0.15, -0.1) is 0 Å². The molecule has 0 radical (unpaired) electrons. The van der Waals surface area contributed by atoms with Crippen LogP contribution in [-0.2, 0) is 28.6 Å². The largest absolute Gasteiger partial charge is 0.462 e. The Bertz CT molecular complexity index is 1420. The molecule has 63 heavy (non-hydrogen) atoms. The van der Waals surface area contributed by atoms with Crippen LogP contribution in [0.25, 0.3) is 0 Å². The fourth-order valence-corrected chi connectivity index (χ4v) is 6.10. The Hall–Kier alpha value is -4.45. The van der Waals surface area contributed by atoms with E-state index >= 15 is 0 Å². The molecule has 0 heterocycles. The van der Waals surface area contributed by atoms with Gasteiger partial charge in [0.15, 0.2) is 6.10 Å². The van der Waals surface area contributed by atoms with E-state index in [1.165, 1.54) is 44.9 Å². The summed E-state index contributed by atoms with van der Waals surface area (Å²) in [5.74, 6) is -1.08. The number of hydrogen-bond donors (Lipinski definition) is 0. The Balaban J connectivity index is 4.61. The lowest BCUT2D eigenvalue weighted by atomic mass is 10.1. The van der Waals surface area contributed by atoms with Gasteiger partial charge in [0, 0.05) is 19.3 Å². The van der Waals surface area contributed by atoms with Gasteiger partial charge in [0.2, 0.25) is 0 Å². The number of esters is 3. The number of allylic oxidation sites excluding steroid dienone is 22. The van der Waals surface area contributed by atoms with Crippen LogP contribution in [0, 0.1) is 0 Å². The topological polar surface area (TPSA) is 78.9 Å². The zero-order chi connectivity index (χ0) is 45.8. The number of ether oxygens (including phenoxy) is 3. The summed E-state index contributed by atoms with van der Waals surface area (Å²) >= 11 is 0. The highest BCUT2D eigenvalue weighted by atomic mass is 16.6. The SMILES string of the molecule is CC/C=C/C=C/C=C/C=C/C=C/CCCC(=O)OCC(COC(=O)CCCCC/C=C/C/C=C/C/C=C/C/C=C/CC)OC(=O)CCCCC/C=C/C=C/CCCCCCCCC. The molecule has 0 aromatic carbocycles. The van der Waals surface area contributed by atoms with Gasteiger partial charge in [-0.3, -0.25) is 14.4 Å². The van der Waals surface area contributed by atoms with Gasteiger partial charge in [0.1, 0.15) is 13.2 Å². The van der Waals surface area contributed by atoms with Crippen molar-refractivity contribution in [3.63, 3.8) is 0 Å². The molecule has 0 saturated carbocycles. The summed E-state index contributed by atoms with van der Waals surface area (Å²) in [6.45, 7) is 6.23. The summed E-state index contributed by atoms with van der Waals surface area (Å²) in [5.41, 5.74) is 0. The van der Waals surface area contributed by atoms with Gasteiger partial charge < -0.3 is 14.2 Å². The van der Waals surface area contributed by atoms with E-state index in [1.807, 2.05) is 54.7 Å². The molecule has 0 aromatic heterocycles. The molecule has 0 rings (SSSR count). The summed E-state index contributed by atoms with van der Waals surface area (Å²) in [5, 5.41) is 0. The van der Waals surface area contributed by atoms with Gasteiger partial charge >= 0.3 is 17.9 Å². The molecule has 1 unspecified atom stereocenters. The highest BCUT2D eigenvalue weighted by Gasteiger charge is 2.19. The molecule has 352 valence electrons. The first-order chi connectivity index (χ1) is 31.0. The minimum Gasteiger partial charge on any atom is -0.462 e. The second-order valence-corrected chi connectivity index (χ2v) is 15.8. The number of hydrogen-bond acceptors (Lipinski definition) is 6. The van der Waals surface area contributed by atoms with Crippen LogP contribution in [0.5, 0.6) is 0 Å². The molecule has 1 atom stereocenters. The molecule has 0 aromatic rings. The Morgan fingerprint density at radius 3 is 1.24 bits per heavy atom. The van der Waals surface area contributed by atoms with Crippen LogP contribution in [-0.4, -0.2) is 37.2 Å². The third kappa shape index (κ3) is 48.4. The van der Waals surface area contributed by atoms with Crippen LogP contribution in [0.15, 0.2) is 134 Å². The minimum absolute atomic E-state index is 0.133. The predicted molar refractivity (Wildman–Crippen MR) is 269 cm³/mol. The van der Waals surface area contributed by atoms with Crippen LogP contribution < -0.4 is 0 Å². The summed E-state index contributed by atoms with van der Waals surface area (Å²) in [6, 6.07) is 0. The smallest absolute Gasteiger partial charge is 0.306 e. The third-order valence-electron chi connectivity index (χ3n) is 9.78. The molecule has 0 aliphatic rings. The van der Waals surface area contributed by atoms with E-state index < -0.39 is 6.10 Å². The van der Waals surface area contributed by atoms with Crippen LogP contribution >= 0.6 is 0 Å². The maximum Gasteiger partial charge on any atom is 0.306 e. The first-order valence-corrected chi connectivity index (χ1v) is 24.8. The molecular formula is C57H88O6. The molecule has 6 heteroatoms. The van der Waals surface area contributed by atoms with Gasteiger partial charge in [-0.1, -0.05) is 206 Å². The van der Waals surface area contributed by atoms with Crippen molar-refractivity contribution >= 4 is 17.9 Å². The van der Waals surface area contributed by atoms with Gasteiger partial charge in [-0.25, -0.2) is 0 Å². The van der Waals surface area contributed by atoms with Gasteiger partial charge in [0.25, 0.3) is 0 Å². The molecule has 0 spiro atoms. The van der Waals surface area contributed by atoms with Crippen molar-refractivity contribution in [1.29, 1.82) is 0 Å². The molecule has 0 amide bonds. The lowest BCUT2D eigenvalue weighted by molar-refractivity contribution is -0.167. The second-order valence-electron chi connectivity index (χ2n) is 15.8. The van der Waals surface area contributed by atoms with Crippen molar-refractivity contribution in [2.75, 3.05) is 13.2 Å². The number of carbonyl (C=O) groups is 3. The Labute approximate surface area is 385 Å². The fraction of sp³-hybridized carbons (Fsp3) is 0.561. The first-order valence-electron chi connectivity index (χ1n) is 24.8. The summed E-state index contributed by atoms with van der Waals surface area (Å²) in [6.07, 6.45) is 70.1. The van der Waals surface area contributed by atoms with Crippen LogP contribution in [0.3, 0.4) is 0 Å². The molecule has 6 nitrogen and oxygen atoms in total. The molecule has 0 bridgehead atoms. The van der Waals surface area contributed by atoms with E-state index in [-0.39, 0.29) is 44.0 Å². The van der Waals surface area contributed by atoms with Gasteiger partial charge in [0.05, 0.1) is 0 Å². The van der Waals surface area contributed by atoms with Crippen molar-refractivity contribution in [3.05, 3.63) is 134 Å². The average molecular weight is 869 g/mol. The van der Waals surface area contributed by atoms with E-state index in [9.17, 15) is 14.4 Å². The lowest BCUT2D eigenvalue weighted by Crippen LogP contribution is -2.30. The molecule has 0 aliphatic heterocycles. The van der Waals surface area contributed by atoms with Crippen molar-refractivity contribution in [2.45, 2.75) is 194 Å². The van der Waals surface area contributed by atoms with E-state index in [0.717, 1.165) is 89.9 Å². The highest BCUT2D eigenvalue weighted by Crippen LogP contribution is 2.11. The number of rotatable bonds is 42. The summed E-state index contributed by atoms with van der Waals surface area (Å²) in [4.78, 5) is 37.9. The van der Waals surface area contributed by atoms with Crippen LogP contribution in [0.2, 0.25) is 0 Å². The first kappa shape index (κ1) is 58.6. The maximum atomic E-state index is 12.8. The number of carbonyl (C=O) groups excluding carboxylic acids is 3. The lowest BCUT2D eigenvalue weighted by Gasteiger charge is -2.18. The minimum atomic E-state index is -0.838. The third-order valence-corrected chi connectivity index (χ3v) is 9.78. The normalized spacial score (nSPS) is 13.3. The highest BCUT2D eigenvalue weighted by molar-refractivity contribution is 5.71. The van der Waals surface area contributed by atoms with Crippen LogP contribution in [0.4, 0.5) is 0 Å². The monoisotopic (exact) mass is 869 g/mol. The fourth-order valence-electron chi connectivity index (χ4n) is 6.10. The molecule has 0 fully saturated rings. The standard InChI is InChI=1S/C57H88O6/c1-4-7-10-13-16-19-22-25-27-29-32-35-38-41-44-47-50-56(59)62-53-54(52-61-55(58)49-46-43-40-37-34-31-24-21-18-15-12-9-6-3)63-57(60)51-48-45-42-39-36-33-30-28-26-23-20-17-14-11-8-5-2/h7,9-10,12,15-16,18-19,21,24-25,27-28,30-37,40,54H,4-6,8,11,13-14,17,20,22-23,26,29,38-39,41-53H2,1-3H3/b10-7+,12-9+,18-15+,19-16+,24-21+,27-25+,30-28+,34-31+,35-32+,36-33+,40-37+.